The van der Waals surface area contributed by atoms with E-state index in [0.29, 0.717) is 12.1 Å². The minimum atomic E-state index is -5.00. The van der Waals surface area contributed by atoms with Gasteiger partial charge in [-0.25, -0.2) is 4.39 Å². The van der Waals surface area contributed by atoms with Gasteiger partial charge < -0.3 is 20.7 Å². The van der Waals surface area contributed by atoms with Crippen molar-refractivity contribution in [2.75, 3.05) is 6.54 Å². The van der Waals surface area contributed by atoms with Crippen molar-refractivity contribution in [2.45, 2.75) is 18.6 Å². The van der Waals surface area contributed by atoms with Gasteiger partial charge >= 0.3 is 6.36 Å². The number of hydrogen-bond acceptors (Lipinski definition) is 4. The third kappa shape index (κ3) is 3.83. The summed E-state index contributed by atoms with van der Waals surface area (Å²) in [4.78, 5) is 0. The normalized spacial score (nSPS) is 15.3. The zero-order valence-corrected chi connectivity index (χ0v) is 8.99. The van der Waals surface area contributed by atoms with E-state index in [1.807, 2.05) is 0 Å². The summed E-state index contributed by atoms with van der Waals surface area (Å²) < 4.78 is 52.3. The van der Waals surface area contributed by atoms with Crippen LogP contribution < -0.4 is 10.5 Å². The number of nitrogens with two attached hydrogens (primary N) is 1. The molecule has 0 saturated heterocycles. The molecule has 1 aromatic carbocycles. The minimum Gasteiger partial charge on any atom is -0.403 e. The molecule has 0 spiro atoms. The van der Waals surface area contributed by atoms with Gasteiger partial charge in [0.25, 0.3) is 0 Å². The number of hydrogen-bond donors (Lipinski definition) is 3. The van der Waals surface area contributed by atoms with E-state index in [9.17, 15) is 27.8 Å². The summed E-state index contributed by atoms with van der Waals surface area (Å²) in [6, 6.07) is 2.36. The van der Waals surface area contributed by atoms with Crippen molar-refractivity contribution in [3.8, 4) is 5.75 Å². The quantitative estimate of drug-likeness (QED) is 0.715. The first-order chi connectivity index (χ1) is 8.24. The van der Waals surface area contributed by atoms with Crippen molar-refractivity contribution in [2.24, 2.45) is 5.73 Å². The van der Waals surface area contributed by atoms with E-state index in [2.05, 4.69) is 4.74 Å². The maximum Gasteiger partial charge on any atom is 0.573 e. The van der Waals surface area contributed by atoms with Gasteiger partial charge in [-0.1, -0.05) is 6.07 Å². The van der Waals surface area contributed by atoms with Crippen molar-refractivity contribution >= 4 is 0 Å². The second-order valence-corrected chi connectivity index (χ2v) is 3.49. The topological polar surface area (TPSA) is 75.7 Å². The fourth-order valence-corrected chi connectivity index (χ4v) is 1.26. The van der Waals surface area contributed by atoms with Crippen LogP contribution in [0.1, 0.15) is 11.7 Å². The summed E-state index contributed by atoms with van der Waals surface area (Å²) in [6.07, 6.45) is -7.82. The Labute approximate surface area is 99.6 Å². The molecule has 0 aliphatic rings. The molecule has 4 nitrogen and oxygen atoms in total. The number of alkyl halides is 3. The first kappa shape index (κ1) is 14.7. The minimum absolute atomic E-state index is 0.0972. The summed E-state index contributed by atoms with van der Waals surface area (Å²) >= 11 is 0. The summed E-state index contributed by atoms with van der Waals surface area (Å²) in [6.45, 7) is -0.274. The molecule has 0 bridgehead atoms. The van der Waals surface area contributed by atoms with Crippen molar-refractivity contribution < 1.29 is 32.5 Å². The summed E-state index contributed by atoms with van der Waals surface area (Å²) in [5.41, 5.74) is 4.99. The van der Waals surface area contributed by atoms with Gasteiger partial charge in [-0.2, -0.15) is 0 Å². The van der Waals surface area contributed by atoms with Gasteiger partial charge in [0.15, 0.2) is 11.6 Å². The van der Waals surface area contributed by atoms with Gasteiger partial charge in [0.1, 0.15) is 6.10 Å². The molecule has 0 fully saturated rings. The fraction of sp³-hybridized carbons (Fsp3) is 0.400. The van der Waals surface area contributed by atoms with E-state index in [1.165, 1.54) is 0 Å². The Hall–Kier alpha value is -1.38. The SMILES string of the molecule is NCC(O)C(O)c1ccc(OC(F)(F)F)c(F)c1. The number of aliphatic hydroxyl groups is 2. The molecule has 1 aromatic rings. The smallest absolute Gasteiger partial charge is 0.403 e. The molecule has 0 amide bonds. The molecule has 18 heavy (non-hydrogen) atoms. The fourth-order valence-electron chi connectivity index (χ4n) is 1.26. The largest absolute Gasteiger partial charge is 0.573 e. The molecular weight excluding hydrogens is 258 g/mol. The van der Waals surface area contributed by atoms with Gasteiger partial charge in [-0.3, -0.25) is 0 Å². The predicted molar refractivity (Wildman–Crippen MR) is 53.1 cm³/mol. The predicted octanol–water partition coefficient (Wildman–Crippen LogP) is 1.08. The zero-order valence-electron chi connectivity index (χ0n) is 8.99. The highest BCUT2D eigenvalue weighted by Crippen LogP contribution is 2.28. The number of rotatable bonds is 4. The Bertz CT molecular complexity index is 411. The molecule has 0 radical (unpaired) electrons. The van der Waals surface area contributed by atoms with Crippen LogP contribution in [0.15, 0.2) is 18.2 Å². The molecule has 2 unspecified atom stereocenters. The second-order valence-electron chi connectivity index (χ2n) is 3.49. The van der Waals surface area contributed by atoms with Crippen LogP contribution in [0.25, 0.3) is 0 Å². The van der Waals surface area contributed by atoms with Crippen LogP contribution in [-0.2, 0) is 0 Å². The third-order valence-corrected chi connectivity index (χ3v) is 2.13. The van der Waals surface area contributed by atoms with E-state index in [0.717, 1.165) is 6.07 Å². The molecule has 8 heteroatoms. The van der Waals surface area contributed by atoms with Crippen LogP contribution in [0.4, 0.5) is 17.6 Å². The van der Waals surface area contributed by atoms with Crippen LogP contribution in [-0.4, -0.2) is 29.2 Å². The number of halogens is 4. The maximum absolute atomic E-state index is 13.3. The summed E-state index contributed by atoms with van der Waals surface area (Å²) in [5.74, 6) is -2.31. The van der Waals surface area contributed by atoms with Crippen LogP contribution in [0.3, 0.4) is 0 Å². The number of benzene rings is 1. The molecule has 1 rings (SSSR count). The van der Waals surface area contributed by atoms with E-state index < -0.39 is 30.1 Å². The van der Waals surface area contributed by atoms with Crippen molar-refractivity contribution in [3.63, 3.8) is 0 Å². The van der Waals surface area contributed by atoms with Gasteiger partial charge in [-0.15, -0.1) is 13.2 Å². The first-order valence-corrected chi connectivity index (χ1v) is 4.86. The zero-order chi connectivity index (χ0) is 13.9. The molecule has 4 N–H and O–H groups in total. The highest BCUT2D eigenvalue weighted by atomic mass is 19.4. The number of ether oxygens (including phenoxy) is 1. The Kier molecular flexibility index (Phi) is 4.49. The van der Waals surface area contributed by atoms with Gasteiger partial charge in [-0.05, 0) is 17.7 Å². The molecule has 0 aromatic heterocycles. The molecular formula is C10H11F4NO3. The van der Waals surface area contributed by atoms with Crippen LogP contribution in [0.2, 0.25) is 0 Å². The summed E-state index contributed by atoms with van der Waals surface area (Å²) in [7, 11) is 0. The molecule has 0 heterocycles. The lowest BCUT2D eigenvalue weighted by atomic mass is 10.0. The van der Waals surface area contributed by atoms with Crippen LogP contribution in [0, 0.1) is 5.82 Å². The highest BCUT2D eigenvalue weighted by Gasteiger charge is 2.32. The van der Waals surface area contributed by atoms with Crippen LogP contribution >= 0.6 is 0 Å². The Morgan fingerprint density at radius 3 is 2.33 bits per heavy atom. The highest BCUT2D eigenvalue weighted by molar-refractivity contribution is 5.31. The molecule has 102 valence electrons. The van der Waals surface area contributed by atoms with Crippen molar-refractivity contribution in [1.29, 1.82) is 0 Å². The van der Waals surface area contributed by atoms with E-state index in [4.69, 9.17) is 5.73 Å². The number of aliphatic hydroxyl groups excluding tert-OH is 2. The summed E-state index contributed by atoms with van der Waals surface area (Å²) in [5, 5.41) is 18.7. The van der Waals surface area contributed by atoms with E-state index in [1.54, 1.807) is 0 Å². The van der Waals surface area contributed by atoms with Gasteiger partial charge in [0.05, 0.1) is 6.10 Å². The first-order valence-electron chi connectivity index (χ1n) is 4.86. The van der Waals surface area contributed by atoms with Crippen molar-refractivity contribution in [3.05, 3.63) is 29.6 Å². The second kappa shape index (κ2) is 5.51. The average molecular weight is 269 g/mol. The lowest BCUT2D eigenvalue weighted by Gasteiger charge is -2.17. The third-order valence-electron chi connectivity index (χ3n) is 2.13. The molecule has 0 aliphatic heterocycles. The molecule has 0 saturated carbocycles. The maximum atomic E-state index is 13.3. The average Bonchev–Trinajstić information content (AvgIpc) is 2.28. The lowest BCUT2D eigenvalue weighted by molar-refractivity contribution is -0.275. The monoisotopic (exact) mass is 269 g/mol. The lowest BCUT2D eigenvalue weighted by Crippen LogP contribution is -2.27. The Morgan fingerprint density at radius 1 is 1.28 bits per heavy atom. The van der Waals surface area contributed by atoms with Crippen molar-refractivity contribution in [1.82, 2.24) is 0 Å². The van der Waals surface area contributed by atoms with Crippen LogP contribution in [0.5, 0.6) is 5.75 Å². The van der Waals surface area contributed by atoms with Gasteiger partial charge in [0, 0.05) is 6.54 Å². The molecule has 2 atom stereocenters. The Morgan fingerprint density at radius 2 is 1.89 bits per heavy atom. The van der Waals surface area contributed by atoms with E-state index >= 15 is 0 Å². The molecule has 0 aliphatic carbocycles. The standard InChI is InChI=1S/C10H11F4NO3/c11-6-3-5(9(17)7(16)4-15)1-2-8(6)18-10(12,13)14/h1-3,7,9,16-17H,4,15H2. The Balaban J connectivity index is 2.92. The van der Waals surface area contributed by atoms with E-state index in [-0.39, 0.29) is 12.1 Å². The van der Waals surface area contributed by atoms with Gasteiger partial charge in [0.2, 0.25) is 0 Å².